The van der Waals surface area contributed by atoms with Crippen LogP contribution in [-0.4, -0.2) is 26.6 Å². The van der Waals surface area contributed by atoms with Crippen molar-refractivity contribution < 1.29 is 13.7 Å². The molecule has 2 aromatic rings. The minimum Gasteiger partial charge on any atom is -0.477 e. The number of nitrogens with two attached hydrogens (primary N) is 1. The van der Waals surface area contributed by atoms with Gasteiger partial charge in [-0.3, -0.25) is 0 Å². The molecule has 1 aliphatic heterocycles. The summed E-state index contributed by atoms with van der Waals surface area (Å²) in [6, 6.07) is 3.71. The van der Waals surface area contributed by atoms with Gasteiger partial charge in [-0.15, -0.1) is 4.36 Å². The summed E-state index contributed by atoms with van der Waals surface area (Å²) < 4.78 is 24.0. The van der Waals surface area contributed by atoms with Gasteiger partial charge in [-0.25, -0.2) is 18.8 Å². The van der Waals surface area contributed by atoms with E-state index in [4.69, 9.17) is 9.88 Å². The normalized spacial score (nSPS) is 20.9. The fourth-order valence-electron chi connectivity index (χ4n) is 4.67. The number of rotatable bonds is 2. The number of anilines is 1. The molecule has 3 N–H and O–H groups in total. The highest BCUT2D eigenvalue weighted by atomic mass is 32.2. The summed E-state index contributed by atoms with van der Waals surface area (Å²) in [6.07, 6.45) is 6.40. The van der Waals surface area contributed by atoms with E-state index in [0.29, 0.717) is 19.0 Å². The van der Waals surface area contributed by atoms with E-state index in [2.05, 4.69) is 26.9 Å². The van der Waals surface area contributed by atoms with Crippen LogP contribution in [0.4, 0.5) is 10.5 Å². The Bertz CT molecular complexity index is 1220. The summed E-state index contributed by atoms with van der Waals surface area (Å²) >= 11 is 0. The molecule has 2 atom stereocenters. The van der Waals surface area contributed by atoms with Crippen molar-refractivity contribution >= 4 is 21.6 Å². The Morgan fingerprint density at radius 2 is 2.23 bits per heavy atom. The summed E-state index contributed by atoms with van der Waals surface area (Å²) in [4.78, 5) is 12.9. The molecule has 3 aliphatic rings. The number of nitrogens with zero attached hydrogens (tertiary/aromatic N) is 4. The van der Waals surface area contributed by atoms with Crippen LogP contribution in [0.5, 0.6) is 5.88 Å². The smallest absolute Gasteiger partial charge is 0.354 e. The molecule has 1 aromatic carbocycles. The van der Waals surface area contributed by atoms with Crippen molar-refractivity contribution in [3.8, 4) is 11.9 Å². The van der Waals surface area contributed by atoms with Crippen molar-refractivity contribution in [3.63, 3.8) is 0 Å². The van der Waals surface area contributed by atoms with Crippen molar-refractivity contribution in [2.45, 2.75) is 55.9 Å². The summed E-state index contributed by atoms with van der Waals surface area (Å²) in [5, 5.41) is 22.4. The second-order valence-electron chi connectivity index (χ2n) is 7.86. The second kappa shape index (κ2) is 7.11. The molecule has 0 spiro atoms. The van der Waals surface area contributed by atoms with Crippen LogP contribution in [0.2, 0.25) is 0 Å². The predicted octanol–water partition coefficient (Wildman–Crippen LogP) is 2.64. The number of amides is 2. The zero-order valence-electron chi connectivity index (χ0n) is 16.4. The summed E-state index contributed by atoms with van der Waals surface area (Å²) in [6.45, 7) is 1.11. The van der Waals surface area contributed by atoms with Crippen LogP contribution in [-0.2, 0) is 35.7 Å². The number of carbonyl (C=O) groups excluding carboxylic acids is 1. The number of hydrogen-bond donors (Lipinski definition) is 2. The number of ether oxygens (including phenoxy) is 1. The molecule has 1 aromatic heterocycles. The van der Waals surface area contributed by atoms with E-state index in [1.54, 1.807) is 4.68 Å². The third kappa shape index (κ3) is 3.05. The fourth-order valence-corrected chi connectivity index (χ4v) is 5.67. The average molecular weight is 427 g/mol. The third-order valence-electron chi connectivity index (χ3n) is 6.03. The Hall–Kier alpha value is -2.90. The Morgan fingerprint density at radius 1 is 1.37 bits per heavy atom. The molecular weight excluding hydrogens is 404 g/mol. The van der Waals surface area contributed by atoms with Gasteiger partial charge in [0.15, 0.2) is 9.92 Å². The van der Waals surface area contributed by atoms with Crippen LogP contribution < -0.4 is 15.2 Å². The molecule has 2 aliphatic carbocycles. The Balaban J connectivity index is 1.50. The van der Waals surface area contributed by atoms with Crippen molar-refractivity contribution in [1.82, 2.24) is 9.78 Å². The maximum absolute atomic E-state index is 13.1. The number of aryl methyl sites for hydroxylation is 2. The van der Waals surface area contributed by atoms with Crippen LogP contribution in [0.15, 0.2) is 21.5 Å². The molecule has 156 valence electrons. The molecule has 10 heteroatoms. The Kier molecular flexibility index (Phi) is 4.52. The highest BCUT2D eigenvalue weighted by Gasteiger charge is 2.31. The first kappa shape index (κ1) is 19.1. The van der Waals surface area contributed by atoms with E-state index in [9.17, 15) is 14.3 Å². The standard InChI is InChI=1S/C20H22N6O3S/c21-10-13-5-6-15-16(13)9-12-3-1-4-14(12)18(15)24-20(27)25-30(22,28)17-11-23-26-7-2-8-29-19(17)26/h9,11,13H,1-8H2,(H3,22,24,25,27,28). The predicted molar refractivity (Wildman–Crippen MR) is 110 cm³/mol. The molecule has 0 radical (unpaired) electrons. The van der Waals surface area contributed by atoms with Gasteiger partial charge in [0.25, 0.3) is 0 Å². The number of nitriles is 1. The topological polar surface area (TPSA) is 135 Å². The zero-order valence-corrected chi connectivity index (χ0v) is 17.2. The van der Waals surface area contributed by atoms with Gasteiger partial charge >= 0.3 is 6.03 Å². The molecule has 0 bridgehead atoms. The molecule has 2 amide bonds. The Morgan fingerprint density at radius 3 is 3.07 bits per heavy atom. The highest BCUT2D eigenvalue weighted by Crippen LogP contribution is 2.43. The number of fused-ring (bicyclic) bond motifs is 3. The first-order valence-electron chi connectivity index (χ1n) is 10.1. The SMILES string of the molecule is N#CC1CCc2c1cc1c(c2NC(=O)N=S(N)(=O)c2cnn3c2OCCC3)CCC1. The quantitative estimate of drug-likeness (QED) is 0.761. The molecule has 30 heavy (non-hydrogen) atoms. The lowest BCUT2D eigenvalue weighted by Crippen LogP contribution is -2.21. The number of nitrogens with one attached hydrogen (secondary N) is 1. The number of carbonyl (C=O) groups is 1. The van der Waals surface area contributed by atoms with Gasteiger partial charge in [0.05, 0.1) is 24.8 Å². The number of benzene rings is 1. The van der Waals surface area contributed by atoms with Crippen molar-refractivity contribution in [3.05, 3.63) is 34.5 Å². The minimum absolute atomic E-state index is 0.130. The van der Waals surface area contributed by atoms with E-state index in [0.717, 1.165) is 60.9 Å². The zero-order chi connectivity index (χ0) is 20.9. The van der Waals surface area contributed by atoms with E-state index in [1.165, 1.54) is 11.8 Å². The van der Waals surface area contributed by atoms with Gasteiger partial charge in [-0.1, -0.05) is 6.07 Å². The molecule has 2 heterocycles. The first-order chi connectivity index (χ1) is 14.5. The van der Waals surface area contributed by atoms with Crippen LogP contribution in [0, 0.1) is 11.3 Å². The van der Waals surface area contributed by atoms with Gasteiger partial charge in [0.2, 0.25) is 5.88 Å². The van der Waals surface area contributed by atoms with E-state index < -0.39 is 15.9 Å². The molecule has 0 saturated carbocycles. The van der Waals surface area contributed by atoms with Gasteiger partial charge in [0.1, 0.15) is 4.90 Å². The molecule has 2 unspecified atom stereocenters. The van der Waals surface area contributed by atoms with Gasteiger partial charge in [-0.2, -0.15) is 10.4 Å². The first-order valence-corrected chi connectivity index (χ1v) is 11.7. The average Bonchev–Trinajstić information content (AvgIpc) is 3.45. The number of hydrogen-bond acceptors (Lipinski definition) is 5. The highest BCUT2D eigenvalue weighted by molar-refractivity contribution is 7.91. The summed E-state index contributed by atoms with van der Waals surface area (Å²) in [5.41, 5.74) is 4.95. The minimum atomic E-state index is -3.52. The monoisotopic (exact) mass is 426 g/mol. The van der Waals surface area contributed by atoms with Crippen LogP contribution in [0.25, 0.3) is 0 Å². The van der Waals surface area contributed by atoms with Crippen LogP contribution in [0.1, 0.15) is 47.4 Å². The van der Waals surface area contributed by atoms with E-state index in [1.807, 2.05) is 0 Å². The van der Waals surface area contributed by atoms with Gasteiger partial charge in [0, 0.05) is 18.7 Å². The van der Waals surface area contributed by atoms with Crippen LogP contribution in [0.3, 0.4) is 0 Å². The third-order valence-corrected chi connectivity index (χ3v) is 7.38. The number of aromatic nitrogens is 2. The maximum atomic E-state index is 13.1. The molecule has 0 fully saturated rings. The second-order valence-corrected chi connectivity index (χ2v) is 9.62. The lowest BCUT2D eigenvalue weighted by atomic mass is 9.95. The van der Waals surface area contributed by atoms with Crippen molar-refractivity contribution in [1.29, 1.82) is 5.26 Å². The maximum Gasteiger partial charge on any atom is 0.354 e. The molecule has 9 nitrogen and oxygen atoms in total. The van der Waals surface area contributed by atoms with Gasteiger partial charge in [-0.05, 0) is 54.4 Å². The lowest BCUT2D eigenvalue weighted by molar-refractivity contribution is 0.224. The van der Waals surface area contributed by atoms with Gasteiger partial charge < -0.3 is 10.1 Å². The fraction of sp³-hybridized carbons (Fsp3) is 0.450. The Labute approximate surface area is 174 Å². The molecule has 5 rings (SSSR count). The van der Waals surface area contributed by atoms with E-state index in [-0.39, 0.29) is 10.8 Å². The lowest BCUT2D eigenvalue weighted by Gasteiger charge is -2.17. The van der Waals surface area contributed by atoms with E-state index >= 15 is 0 Å². The van der Waals surface area contributed by atoms with Crippen molar-refractivity contribution in [2.24, 2.45) is 9.50 Å². The van der Waals surface area contributed by atoms with Crippen molar-refractivity contribution in [2.75, 3.05) is 11.9 Å². The molecular formula is C20H22N6O3S. The number of urea groups is 1. The summed E-state index contributed by atoms with van der Waals surface area (Å²) in [7, 11) is -3.52. The molecule has 0 saturated heterocycles. The largest absolute Gasteiger partial charge is 0.477 e. The van der Waals surface area contributed by atoms with Crippen LogP contribution >= 0.6 is 0 Å². The summed E-state index contributed by atoms with van der Waals surface area (Å²) in [5.74, 6) is 0.150.